The summed E-state index contributed by atoms with van der Waals surface area (Å²) in [7, 11) is -2.91. The van der Waals surface area contributed by atoms with Crippen LogP contribution in [0.2, 0.25) is 15.1 Å². The van der Waals surface area contributed by atoms with Crippen LogP contribution in [0.4, 0.5) is 5.69 Å². The second kappa shape index (κ2) is 15.0. The quantitative estimate of drug-likeness (QED) is 0.225. The van der Waals surface area contributed by atoms with Crippen molar-refractivity contribution in [1.82, 2.24) is 10.2 Å². The molecule has 3 aromatic carbocycles. The number of anilines is 1. The van der Waals surface area contributed by atoms with E-state index in [-0.39, 0.29) is 46.3 Å². The summed E-state index contributed by atoms with van der Waals surface area (Å²) in [6.07, 6.45) is 0.937. The summed E-state index contributed by atoms with van der Waals surface area (Å²) in [5.41, 5.74) is 0.497. The van der Waals surface area contributed by atoms with Gasteiger partial charge >= 0.3 is 0 Å². The lowest BCUT2D eigenvalue weighted by Crippen LogP contribution is -2.53. The fraction of sp³-hybridized carbons (Fsp3) is 0.333. The second-order valence-corrected chi connectivity index (χ2v) is 12.7. The van der Waals surface area contributed by atoms with E-state index in [0.29, 0.717) is 22.0 Å². The third kappa shape index (κ3) is 7.89. The van der Waals surface area contributed by atoms with E-state index in [1.54, 1.807) is 49.4 Å². The first kappa shape index (κ1) is 33.5. The molecule has 0 aliphatic rings. The Morgan fingerprint density at radius 2 is 1.57 bits per heavy atom. The van der Waals surface area contributed by atoms with E-state index in [2.05, 4.69) is 5.32 Å². The van der Waals surface area contributed by atoms with Crippen LogP contribution in [0.3, 0.4) is 0 Å². The number of hydrogen-bond donors (Lipinski definition) is 1. The zero-order chi connectivity index (χ0) is 31.0. The van der Waals surface area contributed by atoms with Gasteiger partial charge in [-0.05, 0) is 62.2 Å². The topological polar surface area (TPSA) is 96.0 Å². The van der Waals surface area contributed by atoms with Crippen LogP contribution in [0.5, 0.6) is 5.75 Å². The van der Waals surface area contributed by atoms with E-state index in [4.69, 9.17) is 39.5 Å². The normalized spacial score (nSPS) is 12.7. The summed E-state index contributed by atoms with van der Waals surface area (Å²) in [4.78, 5) is 29.0. The van der Waals surface area contributed by atoms with E-state index in [0.717, 1.165) is 4.31 Å². The highest BCUT2D eigenvalue weighted by Crippen LogP contribution is 2.35. The fourth-order valence-corrected chi connectivity index (χ4v) is 6.43. The SMILES string of the molecule is CC[C@@H](C)NC(=O)[C@@H](CC)N(Cc1c(Cl)cccc1Cl)C(=O)CN(c1cc(Cl)ccc1OC)S(=O)(=O)c1ccccc1. The summed E-state index contributed by atoms with van der Waals surface area (Å²) in [5.74, 6) is -0.839. The number of carbonyl (C=O) groups excluding carboxylic acids is 2. The number of benzene rings is 3. The van der Waals surface area contributed by atoms with Crippen LogP contribution < -0.4 is 14.4 Å². The van der Waals surface area contributed by atoms with E-state index in [9.17, 15) is 18.0 Å². The number of methoxy groups -OCH3 is 1. The molecule has 0 bridgehead atoms. The van der Waals surface area contributed by atoms with Crippen molar-refractivity contribution in [2.45, 2.75) is 57.1 Å². The maximum absolute atomic E-state index is 14.3. The summed E-state index contributed by atoms with van der Waals surface area (Å²) in [6.45, 7) is 4.77. The molecule has 0 saturated carbocycles. The average molecular weight is 655 g/mol. The molecule has 3 rings (SSSR count). The van der Waals surface area contributed by atoms with Crippen molar-refractivity contribution >= 4 is 62.3 Å². The van der Waals surface area contributed by atoms with Crippen LogP contribution in [-0.4, -0.2) is 50.9 Å². The Kier molecular flexibility index (Phi) is 11.9. The Morgan fingerprint density at radius 1 is 0.929 bits per heavy atom. The third-order valence-corrected chi connectivity index (χ3v) is 9.51. The Hall–Kier alpha value is -2.98. The van der Waals surface area contributed by atoms with Crippen LogP contribution in [0.15, 0.2) is 71.6 Å². The molecule has 226 valence electrons. The number of amides is 2. The van der Waals surface area contributed by atoms with Gasteiger partial charge in [0.1, 0.15) is 18.3 Å². The first-order chi connectivity index (χ1) is 19.9. The first-order valence-corrected chi connectivity index (χ1v) is 16.0. The largest absolute Gasteiger partial charge is 0.495 e. The molecule has 0 fully saturated rings. The van der Waals surface area contributed by atoms with Crippen LogP contribution in [0.1, 0.15) is 39.2 Å². The zero-order valence-electron chi connectivity index (χ0n) is 23.8. The molecule has 0 saturated heterocycles. The summed E-state index contributed by atoms with van der Waals surface area (Å²) < 4.78 is 34.5. The van der Waals surface area contributed by atoms with Crippen molar-refractivity contribution in [3.63, 3.8) is 0 Å². The first-order valence-electron chi connectivity index (χ1n) is 13.4. The van der Waals surface area contributed by atoms with Crippen molar-refractivity contribution in [2.24, 2.45) is 0 Å². The molecule has 8 nitrogen and oxygen atoms in total. The molecular weight excluding hydrogens is 621 g/mol. The number of hydrogen-bond acceptors (Lipinski definition) is 5. The smallest absolute Gasteiger partial charge is 0.264 e. The van der Waals surface area contributed by atoms with Crippen molar-refractivity contribution in [2.75, 3.05) is 18.0 Å². The molecule has 0 aliphatic heterocycles. The van der Waals surface area contributed by atoms with Crippen molar-refractivity contribution in [1.29, 1.82) is 0 Å². The van der Waals surface area contributed by atoms with Gasteiger partial charge in [-0.3, -0.25) is 13.9 Å². The van der Waals surface area contributed by atoms with Gasteiger partial charge in [0.25, 0.3) is 10.0 Å². The molecule has 3 aromatic rings. The summed E-state index contributed by atoms with van der Waals surface area (Å²) >= 11 is 19.2. The van der Waals surface area contributed by atoms with Crippen LogP contribution in [0, 0.1) is 0 Å². The van der Waals surface area contributed by atoms with Gasteiger partial charge in [0.2, 0.25) is 11.8 Å². The van der Waals surface area contributed by atoms with E-state index in [1.807, 2.05) is 13.8 Å². The maximum atomic E-state index is 14.3. The standard InChI is InChI=1S/C30H34Cl3N3O5S/c1-5-20(3)34-30(38)26(6-2)35(18-23-24(32)13-10-14-25(23)33)29(37)19-36(27-17-21(31)15-16-28(27)41-4)42(39,40)22-11-8-7-9-12-22/h7-17,20,26H,5-6,18-19H2,1-4H3,(H,34,38)/t20-,26-/m1/s1. The van der Waals surface area contributed by atoms with Gasteiger partial charge in [-0.25, -0.2) is 8.42 Å². The average Bonchev–Trinajstić information content (AvgIpc) is 2.97. The van der Waals surface area contributed by atoms with Crippen LogP contribution >= 0.6 is 34.8 Å². The molecule has 0 spiro atoms. The highest BCUT2D eigenvalue weighted by atomic mass is 35.5. The molecule has 2 amide bonds. The number of halogens is 3. The Labute approximate surface area is 262 Å². The lowest BCUT2D eigenvalue weighted by molar-refractivity contribution is -0.140. The summed E-state index contributed by atoms with van der Waals surface area (Å²) in [6, 6.07) is 16.1. The Balaban J connectivity index is 2.16. The number of rotatable bonds is 13. The molecule has 2 atom stereocenters. The minimum atomic E-state index is -4.30. The number of ether oxygens (including phenoxy) is 1. The van der Waals surface area contributed by atoms with Gasteiger partial charge in [-0.1, -0.05) is 72.9 Å². The minimum Gasteiger partial charge on any atom is -0.495 e. The Bertz CT molecular complexity index is 1490. The predicted octanol–water partition coefficient (Wildman–Crippen LogP) is 6.57. The third-order valence-electron chi connectivity index (χ3n) is 6.80. The molecule has 0 aliphatic carbocycles. The van der Waals surface area contributed by atoms with E-state index in [1.165, 1.54) is 36.3 Å². The van der Waals surface area contributed by atoms with Crippen molar-refractivity contribution in [3.8, 4) is 5.75 Å². The second-order valence-electron chi connectivity index (χ2n) is 9.60. The molecule has 0 aromatic heterocycles. The molecular formula is C30H34Cl3N3O5S. The Morgan fingerprint density at radius 3 is 2.14 bits per heavy atom. The highest BCUT2D eigenvalue weighted by Gasteiger charge is 2.35. The van der Waals surface area contributed by atoms with Crippen LogP contribution in [-0.2, 0) is 26.2 Å². The number of sulfonamides is 1. The van der Waals surface area contributed by atoms with Gasteiger partial charge < -0.3 is 15.0 Å². The number of carbonyl (C=O) groups is 2. The van der Waals surface area contributed by atoms with Gasteiger partial charge in [0.05, 0.1) is 17.7 Å². The minimum absolute atomic E-state index is 0.0397. The maximum Gasteiger partial charge on any atom is 0.264 e. The number of nitrogens with zero attached hydrogens (tertiary/aromatic N) is 2. The lowest BCUT2D eigenvalue weighted by Gasteiger charge is -2.34. The lowest BCUT2D eigenvalue weighted by atomic mass is 10.1. The van der Waals surface area contributed by atoms with E-state index < -0.39 is 28.5 Å². The molecule has 0 unspecified atom stereocenters. The molecule has 0 heterocycles. The van der Waals surface area contributed by atoms with Gasteiger partial charge in [0.15, 0.2) is 0 Å². The fourth-order valence-electron chi connectivity index (χ4n) is 4.31. The monoisotopic (exact) mass is 653 g/mol. The summed E-state index contributed by atoms with van der Waals surface area (Å²) in [5, 5.41) is 3.79. The van der Waals surface area contributed by atoms with E-state index >= 15 is 0 Å². The van der Waals surface area contributed by atoms with Gasteiger partial charge in [-0.15, -0.1) is 0 Å². The van der Waals surface area contributed by atoms with Crippen molar-refractivity contribution < 1.29 is 22.7 Å². The molecule has 42 heavy (non-hydrogen) atoms. The van der Waals surface area contributed by atoms with Gasteiger partial charge in [-0.2, -0.15) is 0 Å². The molecule has 1 N–H and O–H groups in total. The van der Waals surface area contributed by atoms with Gasteiger partial charge in [0, 0.05) is 33.2 Å². The highest BCUT2D eigenvalue weighted by molar-refractivity contribution is 7.92. The number of nitrogens with one attached hydrogen (secondary N) is 1. The molecule has 12 heteroatoms. The van der Waals surface area contributed by atoms with Crippen LogP contribution in [0.25, 0.3) is 0 Å². The van der Waals surface area contributed by atoms with Crippen molar-refractivity contribution in [3.05, 3.63) is 87.4 Å². The molecule has 0 radical (unpaired) electrons. The zero-order valence-corrected chi connectivity index (χ0v) is 26.9. The predicted molar refractivity (Wildman–Crippen MR) is 168 cm³/mol.